The third-order valence-electron chi connectivity index (χ3n) is 10.1. The smallest absolute Gasteiger partial charge is 0.268 e. The van der Waals surface area contributed by atoms with E-state index in [9.17, 15) is 19.4 Å². The minimum absolute atomic E-state index is 0.0139. The molecule has 0 aliphatic heterocycles. The van der Waals surface area contributed by atoms with Gasteiger partial charge in [0.05, 0.1) is 39.9 Å². The molecule has 0 aliphatic rings. The number of allylic oxidation sites excluding steroid dienone is 11. The number of phosphoric acid groups is 1. The van der Waals surface area contributed by atoms with E-state index in [0.717, 1.165) is 77.0 Å². The summed E-state index contributed by atoms with van der Waals surface area (Å²) in [4.78, 5) is 25.3. The van der Waals surface area contributed by atoms with Crippen molar-refractivity contribution < 1.29 is 32.9 Å². The van der Waals surface area contributed by atoms with E-state index in [1.807, 2.05) is 27.2 Å². The Morgan fingerprint density at radius 1 is 0.593 bits per heavy atom. The molecule has 2 N–H and O–H groups in total. The van der Waals surface area contributed by atoms with E-state index in [-0.39, 0.29) is 12.5 Å². The highest BCUT2D eigenvalue weighted by atomic mass is 31.2. The number of aliphatic hydroxyl groups excluding tert-OH is 1. The first-order valence-corrected chi connectivity index (χ1v) is 25.3. The third-order valence-corrected chi connectivity index (χ3v) is 11.1. The second kappa shape index (κ2) is 41.3. The Morgan fingerprint density at radius 3 is 1.51 bits per heavy atom. The molecule has 1 amide bonds. The fourth-order valence-corrected chi connectivity index (χ4v) is 7.03. The number of likely N-dealkylation sites (N-methyl/N-ethyl adjacent to an activating group) is 1. The van der Waals surface area contributed by atoms with Crippen LogP contribution in [0.15, 0.2) is 72.9 Å². The Morgan fingerprint density at radius 2 is 1.00 bits per heavy atom. The maximum atomic E-state index is 12.9. The Bertz CT molecular complexity index is 1190. The van der Waals surface area contributed by atoms with E-state index in [1.54, 1.807) is 6.08 Å². The molecule has 9 heteroatoms. The highest BCUT2D eigenvalue weighted by Gasteiger charge is 2.23. The van der Waals surface area contributed by atoms with Gasteiger partial charge in [-0.1, -0.05) is 170 Å². The largest absolute Gasteiger partial charge is 0.756 e. The summed E-state index contributed by atoms with van der Waals surface area (Å²) in [7, 11) is 1.22. The molecular weight excluding hydrogens is 756 g/mol. The van der Waals surface area contributed by atoms with Crippen LogP contribution in [0.3, 0.4) is 0 Å². The van der Waals surface area contributed by atoms with Gasteiger partial charge in [0.25, 0.3) is 7.82 Å². The lowest BCUT2D eigenvalue weighted by Gasteiger charge is -2.29. The molecule has 0 saturated carbocycles. The molecule has 3 unspecified atom stereocenters. The van der Waals surface area contributed by atoms with Gasteiger partial charge in [-0.05, 0) is 83.5 Å². The molecule has 0 fully saturated rings. The van der Waals surface area contributed by atoms with E-state index < -0.39 is 26.6 Å². The number of nitrogens with zero attached hydrogens (tertiary/aromatic N) is 1. The van der Waals surface area contributed by atoms with Crippen molar-refractivity contribution in [2.45, 2.75) is 199 Å². The minimum atomic E-state index is -4.61. The second-order valence-corrected chi connectivity index (χ2v) is 18.5. The van der Waals surface area contributed by atoms with Gasteiger partial charge >= 0.3 is 0 Å². The van der Waals surface area contributed by atoms with Gasteiger partial charge in [0.2, 0.25) is 5.91 Å². The summed E-state index contributed by atoms with van der Waals surface area (Å²) in [5.74, 6) is -0.223. The number of quaternary nitrogens is 1. The van der Waals surface area contributed by atoms with Crippen LogP contribution in [0.1, 0.15) is 187 Å². The number of rotatable bonds is 42. The molecule has 0 aromatic rings. The normalized spacial score (nSPS) is 14.9. The van der Waals surface area contributed by atoms with Gasteiger partial charge in [-0.2, -0.15) is 0 Å². The van der Waals surface area contributed by atoms with Gasteiger partial charge in [0, 0.05) is 6.42 Å². The van der Waals surface area contributed by atoms with Gasteiger partial charge in [-0.15, -0.1) is 0 Å². The van der Waals surface area contributed by atoms with Gasteiger partial charge < -0.3 is 28.8 Å². The Balaban J connectivity index is 4.40. The maximum absolute atomic E-state index is 12.9. The van der Waals surface area contributed by atoms with Gasteiger partial charge in [-0.3, -0.25) is 9.36 Å². The number of nitrogens with one attached hydrogen (secondary N) is 1. The second-order valence-electron chi connectivity index (χ2n) is 17.1. The van der Waals surface area contributed by atoms with Crippen molar-refractivity contribution in [1.29, 1.82) is 0 Å². The van der Waals surface area contributed by atoms with E-state index in [2.05, 4.69) is 79.9 Å². The molecular formula is C50H91N2O6P. The molecule has 59 heavy (non-hydrogen) atoms. The van der Waals surface area contributed by atoms with E-state index in [1.165, 1.54) is 89.9 Å². The molecule has 0 aromatic heterocycles. The number of carbonyl (C=O) groups is 1. The molecule has 0 aromatic carbocycles. The van der Waals surface area contributed by atoms with Crippen LogP contribution in [-0.4, -0.2) is 68.5 Å². The average molecular weight is 847 g/mol. The SMILES string of the molecule is CCCCCC/C=C/CC/C=C/CC/C=C/C(O)C(COP(=O)([O-])OCC[N+](C)(C)C)NC(=O)CCCCCCCCCC/C=C\C/C=C\C/C=C\CCCCCCC. The number of amides is 1. The van der Waals surface area contributed by atoms with Crippen molar-refractivity contribution in [3.8, 4) is 0 Å². The van der Waals surface area contributed by atoms with Crippen LogP contribution in [0.2, 0.25) is 0 Å². The van der Waals surface area contributed by atoms with Crippen LogP contribution in [0.4, 0.5) is 0 Å². The number of hydrogen-bond donors (Lipinski definition) is 2. The van der Waals surface area contributed by atoms with Crippen LogP contribution in [0.25, 0.3) is 0 Å². The van der Waals surface area contributed by atoms with Crippen molar-refractivity contribution in [3.63, 3.8) is 0 Å². The molecule has 0 aliphatic carbocycles. The molecule has 3 atom stereocenters. The lowest BCUT2D eigenvalue weighted by atomic mass is 10.1. The fraction of sp³-hybridized carbons (Fsp3) is 0.740. The van der Waals surface area contributed by atoms with Crippen molar-refractivity contribution >= 4 is 13.7 Å². The van der Waals surface area contributed by atoms with Crippen molar-refractivity contribution in [1.82, 2.24) is 5.32 Å². The molecule has 8 nitrogen and oxygen atoms in total. The molecule has 0 spiro atoms. The summed E-state index contributed by atoms with van der Waals surface area (Å²) in [5, 5.41) is 13.8. The third kappa shape index (κ3) is 43.8. The average Bonchev–Trinajstić information content (AvgIpc) is 3.19. The highest BCUT2D eigenvalue weighted by Crippen LogP contribution is 2.38. The first-order valence-electron chi connectivity index (χ1n) is 23.8. The molecule has 0 radical (unpaired) electrons. The van der Waals surface area contributed by atoms with Crippen molar-refractivity contribution in [3.05, 3.63) is 72.9 Å². The number of phosphoric ester groups is 1. The molecule has 0 saturated heterocycles. The molecule has 0 bridgehead atoms. The predicted octanol–water partition coefficient (Wildman–Crippen LogP) is 12.9. The number of unbranched alkanes of at least 4 members (excludes halogenated alkanes) is 19. The summed E-state index contributed by atoms with van der Waals surface area (Å²) in [5.41, 5.74) is 0. The molecule has 342 valence electrons. The Hall–Kier alpha value is -2.06. The van der Waals surface area contributed by atoms with Gasteiger partial charge in [0.15, 0.2) is 0 Å². The monoisotopic (exact) mass is 847 g/mol. The summed E-state index contributed by atoms with van der Waals surface area (Å²) in [6.45, 7) is 4.56. The standard InChI is InChI=1S/C50H91N2O6P/c1-6-8-10-12-14-16-18-20-22-23-24-25-26-27-28-29-30-32-34-36-38-40-42-44-50(54)51-48(47-58-59(55,56)57-46-45-52(3,4)5)49(53)43-41-39-37-35-33-31-21-19-17-15-13-11-9-7-2/h17-20,23-24,26-27,33,35,41,43,48-49,53H,6-16,21-22,25,28-32,34,36-40,42,44-47H2,1-5H3,(H-,51,54,55,56)/b19-17+,20-18-,24-23-,27-26-,35-33+,43-41+. The molecule has 0 heterocycles. The number of hydrogen-bond acceptors (Lipinski definition) is 6. The molecule has 0 rings (SSSR count). The zero-order chi connectivity index (χ0) is 43.6. The van der Waals surface area contributed by atoms with Crippen molar-refractivity contribution in [2.24, 2.45) is 0 Å². The topological polar surface area (TPSA) is 108 Å². The minimum Gasteiger partial charge on any atom is -0.756 e. The van der Waals surface area contributed by atoms with Crippen LogP contribution in [0.5, 0.6) is 0 Å². The van der Waals surface area contributed by atoms with Crippen LogP contribution >= 0.6 is 7.82 Å². The summed E-state index contributed by atoms with van der Waals surface area (Å²) < 4.78 is 23.2. The summed E-state index contributed by atoms with van der Waals surface area (Å²) in [6.07, 6.45) is 55.2. The number of aliphatic hydroxyl groups is 1. The van der Waals surface area contributed by atoms with E-state index in [0.29, 0.717) is 17.4 Å². The van der Waals surface area contributed by atoms with E-state index in [4.69, 9.17) is 9.05 Å². The Kier molecular flexibility index (Phi) is 39.9. The number of carbonyl (C=O) groups excluding carboxylic acids is 1. The predicted molar refractivity (Wildman–Crippen MR) is 251 cm³/mol. The highest BCUT2D eigenvalue weighted by molar-refractivity contribution is 7.45. The Labute approximate surface area is 364 Å². The summed E-state index contributed by atoms with van der Waals surface area (Å²) in [6, 6.07) is -0.916. The fourth-order valence-electron chi connectivity index (χ4n) is 6.31. The van der Waals surface area contributed by atoms with Crippen LogP contribution < -0.4 is 10.2 Å². The zero-order valence-corrected chi connectivity index (χ0v) is 39.6. The zero-order valence-electron chi connectivity index (χ0n) is 38.7. The van der Waals surface area contributed by atoms with Gasteiger partial charge in [-0.25, -0.2) is 0 Å². The van der Waals surface area contributed by atoms with Crippen molar-refractivity contribution in [2.75, 3.05) is 40.9 Å². The van der Waals surface area contributed by atoms with E-state index >= 15 is 0 Å². The quantitative estimate of drug-likeness (QED) is 0.0274. The lowest BCUT2D eigenvalue weighted by Crippen LogP contribution is -2.45. The first-order chi connectivity index (χ1) is 28.5. The van der Waals surface area contributed by atoms with Crippen LogP contribution in [0, 0.1) is 0 Å². The summed E-state index contributed by atoms with van der Waals surface area (Å²) >= 11 is 0. The first kappa shape index (κ1) is 56.9. The lowest BCUT2D eigenvalue weighted by molar-refractivity contribution is -0.870. The van der Waals surface area contributed by atoms with Gasteiger partial charge in [0.1, 0.15) is 13.2 Å². The van der Waals surface area contributed by atoms with Crippen LogP contribution in [-0.2, 0) is 18.4 Å². The maximum Gasteiger partial charge on any atom is 0.268 e.